The zero-order chi connectivity index (χ0) is 14.7. The Kier molecular flexibility index (Phi) is 4.18. The molecule has 2 aromatic carbocycles. The summed E-state index contributed by atoms with van der Waals surface area (Å²) < 4.78 is 5.61. The van der Waals surface area contributed by atoms with Crippen LogP contribution in [0.3, 0.4) is 0 Å². The number of benzene rings is 2. The van der Waals surface area contributed by atoms with E-state index in [9.17, 15) is 4.79 Å². The van der Waals surface area contributed by atoms with Crippen LogP contribution in [0.2, 0.25) is 0 Å². The molecule has 1 aliphatic rings. The van der Waals surface area contributed by atoms with Gasteiger partial charge in [-0.15, -0.1) is 0 Å². The van der Waals surface area contributed by atoms with Crippen molar-refractivity contribution in [2.75, 3.05) is 6.54 Å². The zero-order valence-electron chi connectivity index (χ0n) is 11.9. The zero-order valence-corrected chi connectivity index (χ0v) is 11.9. The van der Waals surface area contributed by atoms with Crippen molar-refractivity contribution < 1.29 is 9.53 Å². The van der Waals surface area contributed by atoms with Crippen molar-refractivity contribution in [1.29, 1.82) is 0 Å². The van der Waals surface area contributed by atoms with Gasteiger partial charge in [0.15, 0.2) is 0 Å². The Morgan fingerprint density at radius 2 is 2.00 bits per heavy atom. The highest BCUT2D eigenvalue weighted by Gasteiger charge is 2.29. The van der Waals surface area contributed by atoms with E-state index in [1.165, 1.54) is 10.8 Å². The summed E-state index contributed by atoms with van der Waals surface area (Å²) >= 11 is 0. The Bertz CT molecular complexity index is 636. The number of nitrogens with two attached hydrogens (primary N) is 1. The van der Waals surface area contributed by atoms with Crippen LogP contribution in [0.5, 0.6) is 0 Å². The van der Waals surface area contributed by atoms with E-state index in [0.29, 0.717) is 13.1 Å². The number of carbonyl (C=O) groups excluding carboxylic acids is 1. The number of rotatable bonds is 4. The largest absolute Gasteiger partial charge is 0.364 e. The van der Waals surface area contributed by atoms with Crippen LogP contribution in [0.1, 0.15) is 18.4 Å². The molecule has 0 aliphatic carbocycles. The fourth-order valence-corrected chi connectivity index (χ4v) is 2.81. The van der Waals surface area contributed by atoms with Crippen molar-refractivity contribution in [1.82, 2.24) is 5.32 Å². The summed E-state index contributed by atoms with van der Waals surface area (Å²) in [5.41, 5.74) is 6.69. The van der Waals surface area contributed by atoms with Gasteiger partial charge in [-0.2, -0.15) is 0 Å². The fraction of sp³-hybridized carbons (Fsp3) is 0.353. The average molecular weight is 284 g/mol. The molecular formula is C17H20N2O2. The van der Waals surface area contributed by atoms with Crippen molar-refractivity contribution in [3.8, 4) is 0 Å². The van der Waals surface area contributed by atoms with Crippen LogP contribution < -0.4 is 11.1 Å². The lowest BCUT2D eigenvalue weighted by atomic mass is 10.0. The van der Waals surface area contributed by atoms with Gasteiger partial charge in [0.1, 0.15) is 6.10 Å². The van der Waals surface area contributed by atoms with Gasteiger partial charge in [-0.05, 0) is 29.2 Å². The smallest absolute Gasteiger partial charge is 0.249 e. The second-order valence-corrected chi connectivity index (χ2v) is 5.42. The quantitative estimate of drug-likeness (QED) is 0.902. The Hall–Kier alpha value is -1.91. The number of carbonyl (C=O) groups is 1. The molecule has 0 spiro atoms. The number of hydrogen-bond acceptors (Lipinski definition) is 3. The van der Waals surface area contributed by atoms with E-state index in [2.05, 4.69) is 23.5 Å². The summed E-state index contributed by atoms with van der Waals surface area (Å²) in [6, 6.07) is 14.3. The van der Waals surface area contributed by atoms with Crippen LogP contribution >= 0.6 is 0 Å². The molecule has 2 aromatic rings. The van der Waals surface area contributed by atoms with Crippen LogP contribution in [-0.4, -0.2) is 24.7 Å². The lowest BCUT2D eigenvalue weighted by Gasteiger charge is -2.13. The van der Waals surface area contributed by atoms with Crippen LogP contribution in [0, 0.1) is 0 Å². The fourth-order valence-electron chi connectivity index (χ4n) is 2.81. The second-order valence-electron chi connectivity index (χ2n) is 5.42. The summed E-state index contributed by atoms with van der Waals surface area (Å²) in [5.74, 6) is -0.0427. The topological polar surface area (TPSA) is 64.4 Å². The monoisotopic (exact) mass is 284 g/mol. The minimum atomic E-state index is -0.353. The summed E-state index contributed by atoms with van der Waals surface area (Å²) in [4.78, 5) is 12.1. The first-order valence-electron chi connectivity index (χ1n) is 7.38. The molecule has 0 aromatic heterocycles. The number of fused-ring (bicyclic) bond motifs is 1. The number of ether oxygens (including phenoxy) is 1. The van der Waals surface area contributed by atoms with Crippen LogP contribution in [0.15, 0.2) is 42.5 Å². The van der Waals surface area contributed by atoms with Gasteiger partial charge < -0.3 is 15.8 Å². The van der Waals surface area contributed by atoms with E-state index in [1.807, 2.05) is 24.3 Å². The standard InChI is InChI=1S/C17H20N2O2/c18-10-14-8-9-16(21-14)17(20)19-11-13-6-3-5-12-4-1-2-7-15(12)13/h1-7,14,16H,8-11,18H2,(H,19,20). The van der Waals surface area contributed by atoms with Gasteiger partial charge in [0, 0.05) is 13.1 Å². The molecular weight excluding hydrogens is 264 g/mol. The van der Waals surface area contributed by atoms with E-state index in [0.717, 1.165) is 18.4 Å². The normalized spacial score (nSPS) is 21.6. The minimum Gasteiger partial charge on any atom is -0.364 e. The molecule has 0 radical (unpaired) electrons. The van der Waals surface area contributed by atoms with Crippen LogP contribution in [-0.2, 0) is 16.1 Å². The molecule has 0 saturated carbocycles. The van der Waals surface area contributed by atoms with Crippen LogP contribution in [0.4, 0.5) is 0 Å². The lowest BCUT2D eigenvalue weighted by molar-refractivity contribution is -0.132. The van der Waals surface area contributed by atoms with Gasteiger partial charge in [-0.25, -0.2) is 0 Å². The molecule has 3 rings (SSSR count). The first-order valence-corrected chi connectivity index (χ1v) is 7.38. The Morgan fingerprint density at radius 1 is 1.19 bits per heavy atom. The van der Waals surface area contributed by atoms with Gasteiger partial charge in [0.25, 0.3) is 0 Å². The molecule has 4 nitrogen and oxygen atoms in total. The van der Waals surface area contributed by atoms with E-state index < -0.39 is 0 Å². The molecule has 1 aliphatic heterocycles. The number of amides is 1. The van der Waals surface area contributed by atoms with E-state index >= 15 is 0 Å². The van der Waals surface area contributed by atoms with Crippen molar-refractivity contribution in [2.45, 2.75) is 31.6 Å². The molecule has 1 heterocycles. The summed E-state index contributed by atoms with van der Waals surface area (Å²) in [5, 5.41) is 5.33. The first-order chi connectivity index (χ1) is 10.3. The molecule has 2 atom stereocenters. The Morgan fingerprint density at radius 3 is 2.81 bits per heavy atom. The van der Waals surface area contributed by atoms with E-state index in [-0.39, 0.29) is 18.1 Å². The predicted molar refractivity (Wildman–Crippen MR) is 82.7 cm³/mol. The summed E-state index contributed by atoms with van der Waals surface area (Å²) in [6.45, 7) is 1.00. The SMILES string of the molecule is NCC1CCC(C(=O)NCc2cccc3ccccc23)O1. The number of hydrogen-bond donors (Lipinski definition) is 2. The molecule has 3 N–H and O–H groups in total. The van der Waals surface area contributed by atoms with Crippen LogP contribution in [0.25, 0.3) is 10.8 Å². The van der Waals surface area contributed by atoms with Gasteiger partial charge in [0.2, 0.25) is 5.91 Å². The summed E-state index contributed by atoms with van der Waals surface area (Å²) in [6.07, 6.45) is 1.29. The highest BCUT2D eigenvalue weighted by Crippen LogP contribution is 2.20. The predicted octanol–water partition coefficient (Wildman–Crippen LogP) is 1.96. The molecule has 110 valence electrons. The third kappa shape index (κ3) is 3.06. The highest BCUT2D eigenvalue weighted by molar-refractivity contribution is 5.86. The minimum absolute atomic E-state index is 0.0262. The van der Waals surface area contributed by atoms with Gasteiger partial charge in [-0.1, -0.05) is 42.5 Å². The maximum absolute atomic E-state index is 12.1. The second kappa shape index (κ2) is 6.24. The van der Waals surface area contributed by atoms with Crippen molar-refractivity contribution in [3.63, 3.8) is 0 Å². The maximum atomic E-state index is 12.1. The highest BCUT2D eigenvalue weighted by atomic mass is 16.5. The van der Waals surface area contributed by atoms with Crippen molar-refractivity contribution >= 4 is 16.7 Å². The van der Waals surface area contributed by atoms with Gasteiger partial charge in [-0.3, -0.25) is 4.79 Å². The van der Waals surface area contributed by atoms with Crippen molar-refractivity contribution in [3.05, 3.63) is 48.0 Å². The number of nitrogens with one attached hydrogen (secondary N) is 1. The lowest BCUT2D eigenvalue weighted by Crippen LogP contribution is -2.35. The van der Waals surface area contributed by atoms with E-state index in [1.54, 1.807) is 0 Å². The molecule has 1 saturated heterocycles. The van der Waals surface area contributed by atoms with Crippen molar-refractivity contribution in [2.24, 2.45) is 5.73 Å². The molecule has 1 fully saturated rings. The van der Waals surface area contributed by atoms with E-state index in [4.69, 9.17) is 10.5 Å². The Labute approximate surface area is 124 Å². The van der Waals surface area contributed by atoms with Gasteiger partial charge >= 0.3 is 0 Å². The third-order valence-electron chi connectivity index (χ3n) is 4.00. The van der Waals surface area contributed by atoms with Gasteiger partial charge in [0.05, 0.1) is 6.10 Å². The average Bonchev–Trinajstić information content (AvgIpc) is 3.01. The summed E-state index contributed by atoms with van der Waals surface area (Å²) in [7, 11) is 0. The molecule has 4 heteroatoms. The first kappa shape index (κ1) is 14.0. The molecule has 0 bridgehead atoms. The molecule has 21 heavy (non-hydrogen) atoms. The molecule has 1 amide bonds. The third-order valence-corrected chi connectivity index (χ3v) is 4.00. The maximum Gasteiger partial charge on any atom is 0.249 e. The molecule has 2 unspecified atom stereocenters. The Balaban J connectivity index is 1.65.